The first-order chi connectivity index (χ1) is 12.0. The molecule has 1 amide bonds. The number of nitrogens with zero attached hydrogens (tertiary/aromatic N) is 3. The van der Waals surface area contributed by atoms with Crippen LogP contribution in [0.25, 0.3) is 0 Å². The fourth-order valence-electron chi connectivity index (χ4n) is 2.56. The molecule has 136 valence electrons. The molecule has 0 unspecified atom stereocenters. The number of hydrogen-bond donors (Lipinski definition) is 1. The minimum Gasteiger partial charge on any atom is -0.467 e. The second kappa shape index (κ2) is 7.79. The van der Waals surface area contributed by atoms with Crippen LogP contribution >= 0.6 is 0 Å². The van der Waals surface area contributed by atoms with E-state index in [-0.39, 0.29) is 17.9 Å². The van der Waals surface area contributed by atoms with Gasteiger partial charge in [-0.15, -0.1) is 10.2 Å². The van der Waals surface area contributed by atoms with Crippen LogP contribution < -0.4 is 5.32 Å². The van der Waals surface area contributed by atoms with Gasteiger partial charge >= 0.3 is 0 Å². The number of rotatable bonds is 6. The number of ether oxygens (including phenoxy) is 1. The lowest BCUT2D eigenvalue weighted by Gasteiger charge is -2.25. The van der Waals surface area contributed by atoms with Gasteiger partial charge in [0.2, 0.25) is 11.8 Å². The van der Waals surface area contributed by atoms with Crippen LogP contribution in [0.3, 0.4) is 0 Å². The Labute approximate surface area is 146 Å². The lowest BCUT2D eigenvalue weighted by molar-refractivity contribution is 0.0313. The van der Waals surface area contributed by atoms with Gasteiger partial charge in [-0.05, 0) is 13.0 Å². The number of furan rings is 1. The summed E-state index contributed by atoms with van der Waals surface area (Å²) in [5.74, 6) is 1.65. The van der Waals surface area contributed by atoms with E-state index in [2.05, 4.69) is 20.4 Å². The Morgan fingerprint density at radius 2 is 1.96 bits per heavy atom. The van der Waals surface area contributed by atoms with Crippen molar-refractivity contribution in [3.63, 3.8) is 0 Å². The first kappa shape index (κ1) is 17.6. The molecule has 1 saturated heterocycles. The highest BCUT2D eigenvalue weighted by Gasteiger charge is 2.20. The number of amides is 1. The SMILES string of the molecule is CC(C)c1nnc([C@@H](C)NC(=O)c2coc(CN3CCOCC3)c2)o1. The maximum atomic E-state index is 12.4. The molecule has 0 saturated carbocycles. The van der Waals surface area contributed by atoms with Crippen LogP contribution in [0, 0.1) is 0 Å². The first-order valence-electron chi connectivity index (χ1n) is 8.54. The van der Waals surface area contributed by atoms with Crippen LogP contribution in [0.2, 0.25) is 0 Å². The highest BCUT2D eigenvalue weighted by Crippen LogP contribution is 2.18. The maximum Gasteiger partial charge on any atom is 0.255 e. The lowest BCUT2D eigenvalue weighted by atomic mass is 10.2. The predicted octanol–water partition coefficient (Wildman–Crippen LogP) is 2.11. The fraction of sp³-hybridized carbons (Fsp3) is 0.588. The van der Waals surface area contributed by atoms with Crippen molar-refractivity contribution in [2.45, 2.75) is 39.3 Å². The number of carbonyl (C=O) groups excluding carboxylic acids is 1. The molecular weight excluding hydrogens is 324 g/mol. The van der Waals surface area contributed by atoms with Crippen molar-refractivity contribution in [1.29, 1.82) is 0 Å². The highest BCUT2D eigenvalue weighted by molar-refractivity contribution is 5.94. The Morgan fingerprint density at radius 3 is 2.64 bits per heavy atom. The molecule has 0 spiro atoms. The molecule has 8 nitrogen and oxygen atoms in total. The summed E-state index contributed by atoms with van der Waals surface area (Å²) in [5, 5.41) is 10.8. The summed E-state index contributed by atoms with van der Waals surface area (Å²) in [6.45, 7) is 9.63. The van der Waals surface area contributed by atoms with E-state index < -0.39 is 0 Å². The smallest absolute Gasteiger partial charge is 0.255 e. The van der Waals surface area contributed by atoms with Gasteiger partial charge in [-0.1, -0.05) is 13.8 Å². The van der Waals surface area contributed by atoms with Gasteiger partial charge in [0.05, 0.1) is 25.3 Å². The average Bonchev–Trinajstić information content (AvgIpc) is 3.25. The van der Waals surface area contributed by atoms with Crippen LogP contribution in [-0.4, -0.2) is 47.3 Å². The molecule has 0 aliphatic carbocycles. The average molecular weight is 348 g/mol. The van der Waals surface area contributed by atoms with Crippen molar-refractivity contribution in [1.82, 2.24) is 20.4 Å². The second-order valence-corrected chi connectivity index (χ2v) is 6.52. The minimum atomic E-state index is -0.370. The lowest BCUT2D eigenvalue weighted by Crippen LogP contribution is -2.35. The molecule has 1 N–H and O–H groups in total. The molecule has 2 aromatic heterocycles. The van der Waals surface area contributed by atoms with Gasteiger partial charge in [-0.3, -0.25) is 9.69 Å². The molecule has 2 aromatic rings. The van der Waals surface area contributed by atoms with Crippen LogP contribution in [0.5, 0.6) is 0 Å². The van der Waals surface area contributed by atoms with Crippen molar-refractivity contribution >= 4 is 5.91 Å². The minimum absolute atomic E-state index is 0.153. The monoisotopic (exact) mass is 348 g/mol. The Hall–Kier alpha value is -2.19. The number of morpholine rings is 1. The quantitative estimate of drug-likeness (QED) is 0.854. The second-order valence-electron chi connectivity index (χ2n) is 6.52. The van der Waals surface area contributed by atoms with Gasteiger partial charge in [0, 0.05) is 19.0 Å². The van der Waals surface area contributed by atoms with Gasteiger partial charge in [-0.25, -0.2) is 0 Å². The predicted molar refractivity (Wildman–Crippen MR) is 89.1 cm³/mol. The van der Waals surface area contributed by atoms with E-state index in [0.29, 0.717) is 23.9 Å². The Balaban J connectivity index is 1.57. The number of nitrogens with one attached hydrogen (secondary N) is 1. The number of aromatic nitrogens is 2. The van der Waals surface area contributed by atoms with Crippen molar-refractivity contribution in [3.8, 4) is 0 Å². The summed E-state index contributed by atoms with van der Waals surface area (Å²) in [7, 11) is 0. The van der Waals surface area contributed by atoms with E-state index in [4.69, 9.17) is 13.6 Å². The number of hydrogen-bond acceptors (Lipinski definition) is 7. The molecule has 1 atom stereocenters. The summed E-state index contributed by atoms with van der Waals surface area (Å²) >= 11 is 0. The fourth-order valence-corrected chi connectivity index (χ4v) is 2.56. The third kappa shape index (κ3) is 4.46. The van der Waals surface area contributed by atoms with Crippen LogP contribution in [-0.2, 0) is 11.3 Å². The third-order valence-corrected chi connectivity index (χ3v) is 4.07. The van der Waals surface area contributed by atoms with Crippen molar-refractivity contribution in [2.75, 3.05) is 26.3 Å². The standard InChI is InChI=1S/C17H24N4O4/c1-11(2)16-19-20-17(25-16)12(3)18-15(22)13-8-14(24-10-13)9-21-4-6-23-7-5-21/h8,10-12H,4-7,9H2,1-3H3,(H,18,22)/t12-/m1/s1. The van der Waals surface area contributed by atoms with Crippen molar-refractivity contribution < 1.29 is 18.4 Å². The van der Waals surface area contributed by atoms with Gasteiger partial charge in [0.25, 0.3) is 5.91 Å². The molecule has 1 aliphatic heterocycles. The number of carbonyl (C=O) groups is 1. The Bertz CT molecular complexity index is 703. The van der Waals surface area contributed by atoms with Crippen LogP contribution in [0.4, 0.5) is 0 Å². The summed E-state index contributed by atoms with van der Waals surface area (Å²) in [5.41, 5.74) is 0.485. The topological polar surface area (TPSA) is 93.6 Å². The maximum absolute atomic E-state index is 12.4. The molecular formula is C17H24N4O4. The van der Waals surface area contributed by atoms with Crippen LogP contribution in [0.1, 0.15) is 60.6 Å². The largest absolute Gasteiger partial charge is 0.467 e. The summed E-state index contributed by atoms with van der Waals surface area (Å²) in [4.78, 5) is 14.6. The van der Waals surface area contributed by atoms with E-state index in [1.54, 1.807) is 6.07 Å². The molecule has 0 bridgehead atoms. The molecule has 3 heterocycles. The normalized spacial score (nSPS) is 17.0. The van der Waals surface area contributed by atoms with E-state index in [1.165, 1.54) is 6.26 Å². The van der Waals surface area contributed by atoms with Crippen molar-refractivity contribution in [3.05, 3.63) is 35.4 Å². The zero-order valence-corrected chi connectivity index (χ0v) is 14.8. The summed E-state index contributed by atoms with van der Waals surface area (Å²) < 4.78 is 16.4. The molecule has 3 rings (SSSR count). The van der Waals surface area contributed by atoms with Crippen LogP contribution in [0.15, 0.2) is 21.2 Å². The highest BCUT2D eigenvalue weighted by atomic mass is 16.5. The van der Waals surface area contributed by atoms with E-state index >= 15 is 0 Å². The summed E-state index contributed by atoms with van der Waals surface area (Å²) in [6, 6.07) is 1.40. The molecule has 1 aliphatic rings. The molecule has 1 fully saturated rings. The van der Waals surface area contributed by atoms with Gasteiger partial charge in [0.15, 0.2) is 0 Å². The zero-order valence-electron chi connectivity index (χ0n) is 14.8. The van der Waals surface area contributed by atoms with Crippen molar-refractivity contribution in [2.24, 2.45) is 0 Å². The first-order valence-corrected chi connectivity index (χ1v) is 8.54. The molecule has 0 aromatic carbocycles. The summed E-state index contributed by atoms with van der Waals surface area (Å²) in [6.07, 6.45) is 1.48. The van der Waals surface area contributed by atoms with E-state index in [0.717, 1.165) is 32.1 Å². The molecule has 0 radical (unpaired) electrons. The Morgan fingerprint density at radius 1 is 1.24 bits per heavy atom. The van der Waals surface area contributed by atoms with E-state index in [1.807, 2.05) is 20.8 Å². The zero-order chi connectivity index (χ0) is 17.8. The third-order valence-electron chi connectivity index (χ3n) is 4.07. The molecule has 8 heteroatoms. The van der Waals surface area contributed by atoms with E-state index in [9.17, 15) is 4.79 Å². The van der Waals surface area contributed by atoms with Gasteiger partial charge in [-0.2, -0.15) is 0 Å². The Kier molecular flexibility index (Phi) is 5.50. The van der Waals surface area contributed by atoms with Gasteiger partial charge in [0.1, 0.15) is 18.1 Å². The molecule has 25 heavy (non-hydrogen) atoms. The van der Waals surface area contributed by atoms with Gasteiger partial charge < -0.3 is 18.9 Å².